The third-order valence-corrected chi connectivity index (χ3v) is 5.94. The summed E-state index contributed by atoms with van der Waals surface area (Å²) in [4.78, 5) is 21.2. The van der Waals surface area contributed by atoms with Crippen molar-refractivity contribution in [3.8, 4) is 0 Å². The molecule has 6 heteroatoms. The monoisotopic (exact) mass is 375 g/mol. The minimum Gasteiger partial charge on any atom is -0.334 e. The van der Waals surface area contributed by atoms with Crippen LogP contribution in [0.25, 0.3) is 0 Å². The van der Waals surface area contributed by atoms with Gasteiger partial charge in [-0.2, -0.15) is 0 Å². The van der Waals surface area contributed by atoms with Gasteiger partial charge in [-0.15, -0.1) is 0 Å². The molecular weight excluding hydrogens is 357 g/mol. The van der Waals surface area contributed by atoms with E-state index in [0.29, 0.717) is 23.0 Å². The lowest BCUT2D eigenvalue weighted by molar-refractivity contribution is -0.129. The van der Waals surface area contributed by atoms with Gasteiger partial charge in [-0.1, -0.05) is 35.3 Å². The molecular formula is C19H19Cl2N3O. The second kappa shape index (κ2) is 6.94. The molecule has 2 aliphatic heterocycles. The second-order valence-corrected chi connectivity index (χ2v) is 7.50. The van der Waals surface area contributed by atoms with Crippen molar-refractivity contribution in [3.05, 3.63) is 63.9 Å². The van der Waals surface area contributed by atoms with Gasteiger partial charge in [-0.25, -0.2) is 0 Å². The molecule has 2 aromatic rings. The molecule has 4 rings (SSSR count). The maximum Gasteiger partial charge on any atom is 0.224 e. The number of rotatable bonds is 4. The van der Waals surface area contributed by atoms with E-state index in [2.05, 4.69) is 16.0 Å². The summed E-state index contributed by atoms with van der Waals surface area (Å²) >= 11 is 12.6. The summed E-state index contributed by atoms with van der Waals surface area (Å²) in [6.45, 7) is 2.31. The molecule has 2 fully saturated rings. The van der Waals surface area contributed by atoms with E-state index in [1.165, 1.54) is 5.56 Å². The summed E-state index contributed by atoms with van der Waals surface area (Å²) in [5, 5.41) is 1.24. The van der Waals surface area contributed by atoms with Crippen molar-refractivity contribution >= 4 is 29.1 Å². The van der Waals surface area contributed by atoms with Gasteiger partial charge in [-0.05, 0) is 30.2 Å². The first-order valence-corrected chi connectivity index (χ1v) is 9.24. The molecule has 2 aliphatic rings. The molecule has 2 atom stereocenters. The maximum absolute atomic E-state index is 12.6. The molecule has 0 N–H and O–H groups in total. The van der Waals surface area contributed by atoms with Crippen LogP contribution in [0.2, 0.25) is 10.0 Å². The zero-order valence-corrected chi connectivity index (χ0v) is 15.2. The Morgan fingerprint density at radius 1 is 1.08 bits per heavy atom. The minimum atomic E-state index is 0.182. The molecule has 25 heavy (non-hydrogen) atoms. The highest BCUT2D eigenvalue weighted by Crippen LogP contribution is 2.36. The Bertz CT molecular complexity index is 763. The molecule has 2 saturated heterocycles. The molecule has 0 spiro atoms. The fraction of sp³-hybridized carbons (Fsp3) is 0.368. The number of pyridine rings is 1. The number of likely N-dealkylation sites (tertiary alicyclic amines) is 2. The summed E-state index contributed by atoms with van der Waals surface area (Å²) in [5.41, 5.74) is 2.02. The first-order chi connectivity index (χ1) is 12.1. The average Bonchev–Trinajstić information content (AvgIpc) is 3.12. The van der Waals surface area contributed by atoms with Crippen molar-refractivity contribution in [1.29, 1.82) is 0 Å². The van der Waals surface area contributed by atoms with Crippen molar-refractivity contribution in [2.24, 2.45) is 0 Å². The summed E-state index contributed by atoms with van der Waals surface area (Å²) in [7, 11) is 0. The van der Waals surface area contributed by atoms with Gasteiger partial charge < -0.3 is 4.90 Å². The van der Waals surface area contributed by atoms with Crippen LogP contribution >= 0.6 is 23.2 Å². The van der Waals surface area contributed by atoms with Gasteiger partial charge in [0.2, 0.25) is 5.91 Å². The lowest BCUT2D eigenvalue weighted by Gasteiger charge is -2.26. The van der Waals surface area contributed by atoms with Gasteiger partial charge in [0.15, 0.2) is 0 Å². The van der Waals surface area contributed by atoms with Crippen molar-refractivity contribution in [1.82, 2.24) is 14.8 Å². The van der Waals surface area contributed by atoms with Crippen LogP contribution in [0.5, 0.6) is 0 Å². The lowest BCUT2D eigenvalue weighted by Crippen LogP contribution is -2.36. The van der Waals surface area contributed by atoms with Crippen LogP contribution in [0.15, 0.2) is 42.7 Å². The topological polar surface area (TPSA) is 36.4 Å². The standard InChI is InChI=1S/C19H19Cl2N3O/c20-15-4-1-5-16(21)14(15)12-24-17-6-8-23(18(17)9-19(24)25)11-13-3-2-7-22-10-13/h1-5,7,10,17-18H,6,8-9,11-12H2/t17-,18-/m0/s1. The van der Waals surface area contributed by atoms with E-state index in [-0.39, 0.29) is 18.0 Å². The van der Waals surface area contributed by atoms with Crippen LogP contribution in [0.1, 0.15) is 24.0 Å². The van der Waals surface area contributed by atoms with Gasteiger partial charge in [0.05, 0.1) is 0 Å². The summed E-state index contributed by atoms with van der Waals surface area (Å²) in [6.07, 6.45) is 5.22. The Hall–Kier alpha value is -1.62. The summed E-state index contributed by atoms with van der Waals surface area (Å²) in [6, 6.07) is 10.0. The third kappa shape index (κ3) is 3.26. The number of hydrogen-bond acceptors (Lipinski definition) is 3. The normalized spacial score (nSPS) is 23.3. The summed E-state index contributed by atoms with van der Waals surface area (Å²) in [5.74, 6) is 0.182. The fourth-order valence-electron chi connectivity index (χ4n) is 3.99. The Morgan fingerprint density at radius 2 is 1.88 bits per heavy atom. The zero-order valence-electron chi connectivity index (χ0n) is 13.7. The van der Waals surface area contributed by atoms with Crippen LogP contribution in [0, 0.1) is 0 Å². The number of amides is 1. The van der Waals surface area contributed by atoms with E-state index in [1.54, 1.807) is 6.20 Å². The lowest BCUT2D eigenvalue weighted by atomic mass is 10.1. The Labute approximate surface area is 157 Å². The Balaban J connectivity index is 1.51. The van der Waals surface area contributed by atoms with Crippen LogP contribution in [-0.4, -0.2) is 39.3 Å². The van der Waals surface area contributed by atoms with Crippen molar-refractivity contribution < 1.29 is 4.79 Å². The number of nitrogens with zero attached hydrogens (tertiary/aromatic N) is 3. The number of carbonyl (C=O) groups is 1. The predicted octanol–water partition coefficient (Wildman–Crippen LogP) is 3.76. The molecule has 0 saturated carbocycles. The molecule has 0 unspecified atom stereocenters. The van der Waals surface area contributed by atoms with Gasteiger partial charge in [0.1, 0.15) is 0 Å². The largest absolute Gasteiger partial charge is 0.334 e. The van der Waals surface area contributed by atoms with Crippen molar-refractivity contribution in [2.45, 2.75) is 38.0 Å². The minimum absolute atomic E-state index is 0.182. The zero-order chi connectivity index (χ0) is 17.4. The second-order valence-electron chi connectivity index (χ2n) is 6.68. The van der Waals surface area contributed by atoms with E-state index >= 15 is 0 Å². The molecule has 0 aliphatic carbocycles. The first kappa shape index (κ1) is 16.8. The fourth-order valence-corrected chi connectivity index (χ4v) is 4.51. The average molecular weight is 376 g/mol. The van der Waals surface area contributed by atoms with Crippen LogP contribution in [-0.2, 0) is 17.9 Å². The van der Waals surface area contributed by atoms with Crippen molar-refractivity contribution in [2.75, 3.05) is 6.54 Å². The molecule has 1 aromatic carbocycles. The number of carbonyl (C=O) groups excluding carboxylic acids is 1. The molecule has 4 nitrogen and oxygen atoms in total. The highest BCUT2D eigenvalue weighted by atomic mass is 35.5. The van der Waals surface area contributed by atoms with Gasteiger partial charge >= 0.3 is 0 Å². The Kier molecular flexibility index (Phi) is 4.67. The maximum atomic E-state index is 12.6. The third-order valence-electron chi connectivity index (χ3n) is 5.23. The van der Waals surface area contributed by atoms with Crippen LogP contribution in [0.4, 0.5) is 0 Å². The summed E-state index contributed by atoms with van der Waals surface area (Å²) < 4.78 is 0. The first-order valence-electron chi connectivity index (χ1n) is 8.49. The molecule has 3 heterocycles. The quantitative estimate of drug-likeness (QED) is 0.815. The predicted molar refractivity (Wildman–Crippen MR) is 98.5 cm³/mol. The van der Waals surface area contributed by atoms with Crippen molar-refractivity contribution in [3.63, 3.8) is 0 Å². The van der Waals surface area contributed by atoms with E-state index in [4.69, 9.17) is 23.2 Å². The highest BCUT2D eigenvalue weighted by Gasteiger charge is 2.46. The van der Waals surface area contributed by atoms with E-state index in [1.807, 2.05) is 35.4 Å². The van der Waals surface area contributed by atoms with E-state index in [9.17, 15) is 4.79 Å². The number of fused-ring (bicyclic) bond motifs is 1. The number of hydrogen-bond donors (Lipinski definition) is 0. The van der Waals surface area contributed by atoms with Crippen LogP contribution in [0.3, 0.4) is 0 Å². The molecule has 130 valence electrons. The van der Waals surface area contributed by atoms with E-state index in [0.717, 1.165) is 25.1 Å². The Morgan fingerprint density at radius 3 is 2.60 bits per heavy atom. The van der Waals surface area contributed by atoms with Gasteiger partial charge in [0, 0.05) is 66.1 Å². The number of aromatic nitrogens is 1. The molecule has 0 radical (unpaired) electrons. The van der Waals surface area contributed by atoms with Crippen LogP contribution < -0.4 is 0 Å². The van der Waals surface area contributed by atoms with Gasteiger partial charge in [0.25, 0.3) is 0 Å². The highest BCUT2D eigenvalue weighted by molar-refractivity contribution is 6.36. The number of benzene rings is 1. The van der Waals surface area contributed by atoms with E-state index < -0.39 is 0 Å². The smallest absolute Gasteiger partial charge is 0.224 e. The SMILES string of the molecule is O=C1C[C@H]2[C@H](CCN2Cc2cccnc2)N1Cc1c(Cl)cccc1Cl. The van der Waals surface area contributed by atoms with Gasteiger partial charge in [-0.3, -0.25) is 14.7 Å². The number of halogens is 2. The molecule has 1 aromatic heterocycles. The molecule has 0 bridgehead atoms. The molecule has 1 amide bonds.